The molecule has 2 atom stereocenters. The third-order valence-electron chi connectivity index (χ3n) is 3.25. The number of nitrogens with zero attached hydrogens (tertiary/aromatic N) is 1. The topological polar surface area (TPSA) is 73.3 Å². The molecule has 2 amide bonds. The second-order valence-electron chi connectivity index (χ2n) is 6.46. The maximum Gasteiger partial charge on any atom is 0.245 e. The third-order valence-corrected chi connectivity index (χ3v) is 3.25. The summed E-state index contributed by atoms with van der Waals surface area (Å²) in [5.74, 6) is -0.802. The van der Waals surface area contributed by atoms with Gasteiger partial charge in [0.2, 0.25) is 11.8 Å². The number of nitrogens with one attached hydrogen (secondary N) is 2. The molecule has 0 aromatic heterocycles. The molecule has 0 aliphatic heterocycles. The third kappa shape index (κ3) is 5.72. The van der Waals surface area contributed by atoms with E-state index in [1.165, 1.54) is 11.1 Å². The van der Waals surface area contributed by atoms with Crippen LogP contribution in [-0.4, -0.2) is 43.1 Å². The van der Waals surface area contributed by atoms with Crippen LogP contribution in [0.1, 0.15) is 47.0 Å². The number of likely N-dealkylation sites (N-methyl/N-ethyl adjacent to an activating group) is 1. The summed E-state index contributed by atoms with van der Waals surface area (Å²) >= 11 is 0. The highest BCUT2D eigenvalue weighted by Gasteiger charge is 2.34. The van der Waals surface area contributed by atoms with Crippen molar-refractivity contribution in [2.24, 2.45) is 11.3 Å². The maximum atomic E-state index is 12.2. The lowest BCUT2D eigenvalue weighted by Crippen LogP contribution is -2.54. The minimum atomic E-state index is -0.575. The first-order chi connectivity index (χ1) is 9.15. The van der Waals surface area contributed by atoms with Crippen LogP contribution in [0.4, 0.5) is 0 Å². The highest BCUT2D eigenvalue weighted by molar-refractivity contribution is 5.95. The Bertz CT molecular complexity index is 346. The van der Waals surface area contributed by atoms with Crippen molar-refractivity contribution in [2.75, 3.05) is 14.1 Å². The lowest BCUT2D eigenvalue weighted by molar-refractivity contribution is -0.137. The number of carbonyl (C=O) groups is 2. The second kappa shape index (κ2) is 8.02. The van der Waals surface area contributed by atoms with Crippen LogP contribution < -0.4 is 5.32 Å². The van der Waals surface area contributed by atoms with Crippen LogP contribution >= 0.6 is 0 Å². The van der Waals surface area contributed by atoms with Gasteiger partial charge in [-0.2, -0.15) is 0 Å². The number of unbranched alkanes of at least 4 members (excludes halogenated alkanes) is 1. The second-order valence-corrected chi connectivity index (χ2v) is 6.46. The highest BCUT2D eigenvalue weighted by atomic mass is 16.2. The van der Waals surface area contributed by atoms with Crippen LogP contribution in [0, 0.1) is 16.7 Å². The van der Waals surface area contributed by atoms with Crippen molar-refractivity contribution in [2.45, 2.75) is 53.0 Å². The zero-order valence-corrected chi connectivity index (χ0v) is 13.6. The van der Waals surface area contributed by atoms with Crippen molar-refractivity contribution in [3.8, 4) is 0 Å². The Morgan fingerprint density at radius 1 is 1.30 bits per heavy atom. The molecule has 0 radical (unpaired) electrons. The van der Waals surface area contributed by atoms with Gasteiger partial charge in [0.15, 0.2) is 0 Å². The average Bonchev–Trinajstić information content (AvgIpc) is 2.34. The van der Waals surface area contributed by atoms with E-state index in [0.29, 0.717) is 6.42 Å². The molecule has 5 heteroatoms. The van der Waals surface area contributed by atoms with Gasteiger partial charge in [-0.15, -0.1) is 0 Å². The summed E-state index contributed by atoms with van der Waals surface area (Å²) in [6.07, 6.45) is 3.70. The molecule has 0 bridgehead atoms. The van der Waals surface area contributed by atoms with Crippen LogP contribution in [-0.2, 0) is 9.59 Å². The Kier molecular flexibility index (Phi) is 7.46. The molecular formula is C15H29N3O2. The number of hydrogen-bond acceptors (Lipinski definition) is 3. The molecule has 116 valence electrons. The Labute approximate surface area is 122 Å². The van der Waals surface area contributed by atoms with Crippen LogP contribution in [0.3, 0.4) is 0 Å². The lowest BCUT2D eigenvalue weighted by atomic mass is 9.85. The van der Waals surface area contributed by atoms with Crippen molar-refractivity contribution >= 4 is 18.0 Å². The van der Waals surface area contributed by atoms with Gasteiger partial charge in [-0.25, -0.2) is 0 Å². The SMILES string of the molecule is CCCCC(C=N)C(=O)N[C@H](C(=O)N(C)C)C(C)(C)C. The quantitative estimate of drug-likeness (QED) is 0.702. The van der Waals surface area contributed by atoms with E-state index in [4.69, 9.17) is 5.41 Å². The smallest absolute Gasteiger partial charge is 0.245 e. The van der Waals surface area contributed by atoms with Gasteiger partial charge in [-0.3, -0.25) is 9.59 Å². The van der Waals surface area contributed by atoms with Gasteiger partial charge in [0.25, 0.3) is 0 Å². The molecule has 5 nitrogen and oxygen atoms in total. The van der Waals surface area contributed by atoms with Crippen molar-refractivity contribution in [3.63, 3.8) is 0 Å². The van der Waals surface area contributed by atoms with Crippen LogP contribution in [0.25, 0.3) is 0 Å². The van der Waals surface area contributed by atoms with Gasteiger partial charge in [-0.05, 0) is 11.8 Å². The summed E-state index contributed by atoms with van der Waals surface area (Å²) in [5.41, 5.74) is -0.367. The first-order valence-electron chi connectivity index (χ1n) is 7.17. The highest BCUT2D eigenvalue weighted by Crippen LogP contribution is 2.21. The molecule has 2 N–H and O–H groups in total. The van der Waals surface area contributed by atoms with Crippen molar-refractivity contribution in [1.82, 2.24) is 10.2 Å². The largest absolute Gasteiger partial charge is 0.347 e. The first kappa shape index (κ1) is 18.6. The lowest BCUT2D eigenvalue weighted by Gasteiger charge is -2.33. The summed E-state index contributed by atoms with van der Waals surface area (Å²) in [5, 5.41) is 10.2. The molecule has 0 aromatic carbocycles. The normalized spacial score (nSPS) is 14.3. The van der Waals surface area contributed by atoms with Crippen molar-refractivity contribution in [1.29, 1.82) is 5.41 Å². The predicted molar refractivity (Wildman–Crippen MR) is 81.9 cm³/mol. The van der Waals surface area contributed by atoms with E-state index in [1.54, 1.807) is 14.1 Å². The van der Waals surface area contributed by atoms with Crippen LogP contribution in [0.15, 0.2) is 0 Å². The number of amides is 2. The van der Waals surface area contributed by atoms with Gasteiger partial charge in [-0.1, -0.05) is 40.5 Å². The van der Waals surface area contributed by atoms with Gasteiger partial charge in [0, 0.05) is 20.3 Å². The van der Waals surface area contributed by atoms with Gasteiger partial charge in [0.05, 0.1) is 5.92 Å². The maximum absolute atomic E-state index is 12.2. The first-order valence-corrected chi connectivity index (χ1v) is 7.17. The fraction of sp³-hybridized carbons (Fsp3) is 0.800. The molecule has 0 rings (SSSR count). The monoisotopic (exact) mass is 283 g/mol. The number of hydrogen-bond donors (Lipinski definition) is 2. The van der Waals surface area contributed by atoms with Gasteiger partial charge < -0.3 is 15.6 Å². The summed E-state index contributed by atoms with van der Waals surface area (Å²) in [6, 6.07) is -0.575. The molecule has 0 saturated heterocycles. The zero-order chi connectivity index (χ0) is 15.9. The number of carbonyl (C=O) groups excluding carboxylic acids is 2. The van der Waals surface area contributed by atoms with Crippen LogP contribution in [0.5, 0.6) is 0 Å². The molecule has 0 saturated carbocycles. The Morgan fingerprint density at radius 3 is 2.20 bits per heavy atom. The van der Waals surface area contributed by atoms with Crippen molar-refractivity contribution < 1.29 is 9.59 Å². The zero-order valence-electron chi connectivity index (χ0n) is 13.6. The van der Waals surface area contributed by atoms with E-state index in [1.807, 2.05) is 27.7 Å². The van der Waals surface area contributed by atoms with E-state index < -0.39 is 12.0 Å². The molecule has 0 aliphatic rings. The summed E-state index contributed by atoms with van der Waals surface area (Å²) in [7, 11) is 3.36. The molecule has 0 aromatic rings. The fourth-order valence-corrected chi connectivity index (χ4v) is 1.87. The molecule has 1 unspecified atom stereocenters. The molecule has 0 aliphatic carbocycles. The Hall–Kier alpha value is -1.39. The predicted octanol–water partition coefficient (Wildman–Crippen LogP) is 2.06. The Morgan fingerprint density at radius 2 is 1.85 bits per heavy atom. The van der Waals surface area contributed by atoms with Crippen molar-refractivity contribution in [3.05, 3.63) is 0 Å². The van der Waals surface area contributed by atoms with Crippen LogP contribution in [0.2, 0.25) is 0 Å². The summed E-state index contributed by atoms with van der Waals surface area (Å²) in [6.45, 7) is 7.81. The van der Waals surface area contributed by atoms with Gasteiger partial charge in [0.1, 0.15) is 6.04 Å². The molecule has 20 heavy (non-hydrogen) atoms. The number of rotatable bonds is 7. The fourth-order valence-electron chi connectivity index (χ4n) is 1.87. The van der Waals surface area contributed by atoms with E-state index >= 15 is 0 Å². The van der Waals surface area contributed by atoms with Gasteiger partial charge >= 0.3 is 0 Å². The van der Waals surface area contributed by atoms with E-state index in [0.717, 1.165) is 12.8 Å². The standard InChI is InChI=1S/C15H29N3O2/c1-7-8-9-11(10-16)13(19)17-12(15(2,3)4)14(20)18(5)6/h10-12,16H,7-9H2,1-6H3,(H,17,19)/t11?,12-/m1/s1. The van der Waals surface area contributed by atoms with E-state index in [9.17, 15) is 9.59 Å². The Balaban J connectivity index is 4.93. The summed E-state index contributed by atoms with van der Waals surface area (Å²) < 4.78 is 0. The summed E-state index contributed by atoms with van der Waals surface area (Å²) in [4.78, 5) is 25.9. The minimum Gasteiger partial charge on any atom is -0.347 e. The van der Waals surface area contributed by atoms with E-state index in [-0.39, 0.29) is 17.2 Å². The molecule has 0 fully saturated rings. The minimum absolute atomic E-state index is 0.120. The molecule has 0 spiro atoms. The molecule has 0 heterocycles. The molecular weight excluding hydrogens is 254 g/mol. The van der Waals surface area contributed by atoms with E-state index in [2.05, 4.69) is 5.32 Å². The average molecular weight is 283 g/mol.